The summed E-state index contributed by atoms with van der Waals surface area (Å²) < 4.78 is 28.5. The predicted molar refractivity (Wildman–Crippen MR) is 105 cm³/mol. The van der Waals surface area contributed by atoms with Gasteiger partial charge in [-0.25, -0.2) is 8.78 Å². The fourth-order valence-electron chi connectivity index (χ4n) is 3.27. The van der Waals surface area contributed by atoms with Crippen molar-refractivity contribution in [3.8, 4) is 5.69 Å². The highest BCUT2D eigenvalue weighted by molar-refractivity contribution is 6.30. The highest BCUT2D eigenvalue weighted by Gasteiger charge is 2.18. The number of benzene rings is 2. The molecule has 144 valence electrons. The van der Waals surface area contributed by atoms with E-state index in [4.69, 9.17) is 11.6 Å². The average molecular weight is 403 g/mol. The fraction of sp³-hybridized carbons (Fsp3) is 0.190. The summed E-state index contributed by atoms with van der Waals surface area (Å²) in [5.41, 5.74) is 2.59. The average Bonchev–Trinajstić information content (AvgIpc) is 2.62. The second-order valence-electron chi connectivity index (χ2n) is 6.62. The summed E-state index contributed by atoms with van der Waals surface area (Å²) in [5, 5.41) is 3.65. The van der Waals surface area contributed by atoms with Crippen LogP contribution in [0.1, 0.15) is 28.3 Å². The molecule has 0 N–H and O–H groups in total. The molecule has 28 heavy (non-hydrogen) atoms. The molecule has 0 aliphatic heterocycles. The van der Waals surface area contributed by atoms with Crippen LogP contribution in [0.4, 0.5) is 8.78 Å². The van der Waals surface area contributed by atoms with Crippen molar-refractivity contribution >= 4 is 11.6 Å². The third-order valence-corrected chi connectivity index (χ3v) is 4.79. The quantitative estimate of drug-likeness (QED) is 0.534. The van der Waals surface area contributed by atoms with Crippen LogP contribution >= 0.6 is 11.6 Å². The maximum Gasteiger partial charge on any atom is 0.255 e. The molecule has 3 aromatic rings. The summed E-state index contributed by atoms with van der Waals surface area (Å²) in [4.78, 5) is 23.9. The van der Waals surface area contributed by atoms with Crippen molar-refractivity contribution in [3.63, 3.8) is 0 Å². The lowest BCUT2D eigenvalue weighted by Crippen LogP contribution is -2.20. The third-order valence-electron chi connectivity index (χ3n) is 4.57. The summed E-state index contributed by atoms with van der Waals surface area (Å²) >= 11 is 6.06. The molecule has 4 nitrogen and oxygen atoms in total. The van der Waals surface area contributed by atoms with E-state index in [0.717, 1.165) is 23.3 Å². The molecule has 0 spiro atoms. The van der Waals surface area contributed by atoms with Gasteiger partial charge in [0, 0.05) is 29.8 Å². The Morgan fingerprint density at radius 3 is 2.36 bits per heavy atom. The van der Waals surface area contributed by atoms with E-state index in [1.54, 1.807) is 12.1 Å². The van der Waals surface area contributed by atoms with Gasteiger partial charge in [0.05, 0.1) is 5.69 Å². The van der Waals surface area contributed by atoms with Crippen molar-refractivity contribution in [2.24, 2.45) is 5.18 Å². The third kappa shape index (κ3) is 4.02. The predicted octanol–water partition coefficient (Wildman–Crippen LogP) is 5.44. The molecule has 1 heterocycles. The van der Waals surface area contributed by atoms with Crippen LogP contribution in [0.25, 0.3) is 5.69 Å². The molecule has 1 atom stereocenters. The first-order valence-corrected chi connectivity index (χ1v) is 8.94. The number of nitrogens with zero attached hydrogens (tertiary/aromatic N) is 2. The standard InChI is InChI=1S/C21H17ClF2N2O2/c1-12-7-16(22)8-13(2)21(12)26-11-15(4-6-20(26)27)19(25-28)9-14-3-5-17(23)10-18(14)24/h3-8,10-11,19H,9H2,1-2H3. The largest absolute Gasteiger partial charge is 0.283 e. The Morgan fingerprint density at radius 2 is 1.75 bits per heavy atom. The molecular formula is C21H17ClF2N2O2. The van der Waals surface area contributed by atoms with Gasteiger partial charge in [0.2, 0.25) is 0 Å². The van der Waals surface area contributed by atoms with Gasteiger partial charge in [0.1, 0.15) is 17.7 Å². The summed E-state index contributed by atoms with van der Waals surface area (Å²) in [5.74, 6) is -1.44. The summed E-state index contributed by atoms with van der Waals surface area (Å²) in [6, 6.07) is 8.56. The smallest absolute Gasteiger partial charge is 0.255 e. The highest BCUT2D eigenvalue weighted by Crippen LogP contribution is 2.26. The maximum atomic E-state index is 14.0. The Labute approximate surface area is 165 Å². The first-order valence-electron chi connectivity index (χ1n) is 8.56. The summed E-state index contributed by atoms with van der Waals surface area (Å²) in [6.07, 6.45) is 1.48. The van der Waals surface area contributed by atoms with Gasteiger partial charge in [0.25, 0.3) is 5.56 Å². The van der Waals surface area contributed by atoms with Crippen molar-refractivity contribution < 1.29 is 8.78 Å². The van der Waals surface area contributed by atoms with Crippen LogP contribution < -0.4 is 5.56 Å². The molecule has 0 aliphatic rings. The lowest BCUT2D eigenvalue weighted by atomic mass is 10.00. The van der Waals surface area contributed by atoms with Crippen LogP contribution in [-0.4, -0.2) is 4.57 Å². The van der Waals surface area contributed by atoms with Crippen LogP contribution in [0.15, 0.2) is 58.6 Å². The van der Waals surface area contributed by atoms with E-state index in [9.17, 15) is 18.5 Å². The van der Waals surface area contributed by atoms with E-state index in [-0.39, 0.29) is 17.5 Å². The Balaban J connectivity index is 2.05. The van der Waals surface area contributed by atoms with Crippen molar-refractivity contribution in [2.45, 2.75) is 26.3 Å². The minimum absolute atomic E-state index is 0.0492. The number of hydrogen-bond acceptors (Lipinski definition) is 3. The SMILES string of the molecule is Cc1cc(Cl)cc(C)c1-n1cc(C(Cc2ccc(F)cc2F)N=O)ccc1=O. The number of aromatic nitrogens is 1. The minimum atomic E-state index is -0.931. The molecule has 1 unspecified atom stereocenters. The maximum absolute atomic E-state index is 14.0. The fourth-order valence-corrected chi connectivity index (χ4v) is 3.60. The lowest BCUT2D eigenvalue weighted by molar-refractivity contribution is 0.562. The van der Waals surface area contributed by atoms with Crippen LogP contribution in [0.2, 0.25) is 5.02 Å². The first-order chi connectivity index (χ1) is 13.3. The zero-order valence-corrected chi connectivity index (χ0v) is 16.0. The Kier molecular flexibility index (Phi) is 5.70. The van der Waals surface area contributed by atoms with Crippen molar-refractivity contribution in [2.75, 3.05) is 0 Å². The highest BCUT2D eigenvalue weighted by atomic mass is 35.5. The van der Waals surface area contributed by atoms with Gasteiger partial charge in [-0.3, -0.25) is 9.36 Å². The number of rotatable bonds is 5. The molecule has 3 rings (SSSR count). The van der Waals surface area contributed by atoms with Gasteiger partial charge < -0.3 is 0 Å². The molecule has 0 saturated carbocycles. The Hall–Kier alpha value is -2.86. The van der Waals surface area contributed by atoms with E-state index in [2.05, 4.69) is 5.18 Å². The summed E-state index contributed by atoms with van der Waals surface area (Å²) in [7, 11) is 0. The van der Waals surface area contributed by atoms with Gasteiger partial charge in [0.15, 0.2) is 0 Å². The van der Waals surface area contributed by atoms with E-state index in [1.165, 1.54) is 29.0 Å². The number of pyridine rings is 1. The molecule has 2 aromatic carbocycles. The topological polar surface area (TPSA) is 51.4 Å². The van der Waals surface area contributed by atoms with Crippen LogP contribution in [0, 0.1) is 30.4 Å². The second kappa shape index (κ2) is 8.02. The Morgan fingerprint density at radius 1 is 1.07 bits per heavy atom. The molecule has 0 amide bonds. The molecule has 0 saturated heterocycles. The molecule has 7 heteroatoms. The first kappa shape index (κ1) is 19.9. The zero-order valence-electron chi connectivity index (χ0n) is 15.2. The zero-order chi connectivity index (χ0) is 20.4. The number of halogens is 3. The van der Waals surface area contributed by atoms with Crippen LogP contribution in [0.5, 0.6) is 0 Å². The molecule has 0 radical (unpaired) electrons. The lowest BCUT2D eigenvalue weighted by Gasteiger charge is -2.16. The normalized spacial score (nSPS) is 12.0. The molecule has 1 aromatic heterocycles. The van der Waals surface area contributed by atoms with E-state index in [0.29, 0.717) is 16.3 Å². The second-order valence-corrected chi connectivity index (χ2v) is 7.06. The van der Waals surface area contributed by atoms with Gasteiger partial charge in [-0.1, -0.05) is 22.8 Å². The Bertz CT molecular complexity index is 1090. The van der Waals surface area contributed by atoms with Gasteiger partial charge in [-0.2, -0.15) is 4.91 Å². The molecule has 0 fully saturated rings. The van der Waals surface area contributed by atoms with Crippen LogP contribution in [0.3, 0.4) is 0 Å². The molecular weight excluding hydrogens is 386 g/mol. The van der Waals surface area contributed by atoms with Crippen molar-refractivity contribution in [1.29, 1.82) is 0 Å². The van der Waals surface area contributed by atoms with E-state index < -0.39 is 17.7 Å². The van der Waals surface area contributed by atoms with Crippen molar-refractivity contribution in [3.05, 3.63) is 103 Å². The van der Waals surface area contributed by atoms with Crippen molar-refractivity contribution in [1.82, 2.24) is 4.57 Å². The van der Waals surface area contributed by atoms with Gasteiger partial charge in [-0.05, 0) is 60.4 Å². The number of aryl methyl sites for hydroxylation is 2. The summed E-state index contributed by atoms with van der Waals surface area (Å²) in [6.45, 7) is 3.66. The number of nitroso groups, excluding NO2 is 1. The van der Waals surface area contributed by atoms with Crippen LogP contribution in [-0.2, 0) is 6.42 Å². The molecule has 0 aliphatic carbocycles. The molecule has 0 bridgehead atoms. The minimum Gasteiger partial charge on any atom is -0.283 e. The van der Waals surface area contributed by atoms with E-state index in [1.807, 2.05) is 13.8 Å². The van der Waals surface area contributed by atoms with Gasteiger partial charge in [-0.15, -0.1) is 0 Å². The van der Waals surface area contributed by atoms with Gasteiger partial charge >= 0.3 is 0 Å². The monoisotopic (exact) mass is 402 g/mol. The number of hydrogen-bond donors (Lipinski definition) is 0. The van der Waals surface area contributed by atoms with E-state index >= 15 is 0 Å².